The van der Waals surface area contributed by atoms with Crippen LogP contribution in [0, 0.1) is 0 Å². The van der Waals surface area contributed by atoms with Crippen LogP contribution in [0.5, 0.6) is 5.75 Å². The van der Waals surface area contributed by atoms with Crippen LogP contribution in [0.3, 0.4) is 0 Å². The first-order valence-corrected chi connectivity index (χ1v) is 2.21. The Balaban J connectivity index is 3.52. The highest BCUT2D eigenvalue weighted by molar-refractivity contribution is 5.10. The summed E-state index contributed by atoms with van der Waals surface area (Å²) < 4.78 is 0. The lowest BCUT2D eigenvalue weighted by molar-refractivity contribution is 0.463. The molecule has 1 aromatic heterocycles. The predicted octanol–water partition coefficient (Wildman–Crippen LogP) is -1.23. The molecule has 1 heterocycles. The van der Waals surface area contributed by atoms with Crippen LogP contribution in [0.1, 0.15) is 0 Å². The van der Waals surface area contributed by atoms with Crippen LogP contribution in [0.15, 0.2) is 15.7 Å². The van der Waals surface area contributed by atoms with E-state index in [1.54, 1.807) is 0 Å². The summed E-state index contributed by atoms with van der Waals surface area (Å²) in [7, 11) is 0. The summed E-state index contributed by atoms with van der Waals surface area (Å²) in [5.41, 5.74) is -1.23. The zero-order chi connectivity index (χ0) is 6.85. The van der Waals surface area contributed by atoms with Gasteiger partial charge in [0.05, 0.1) is 6.07 Å². The zero-order valence-electron chi connectivity index (χ0n) is 4.34. The van der Waals surface area contributed by atoms with E-state index in [2.05, 4.69) is 0 Å². The van der Waals surface area contributed by atoms with Crippen molar-refractivity contribution in [3.63, 3.8) is 0 Å². The van der Waals surface area contributed by atoms with E-state index < -0.39 is 16.9 Å². The molecule has 0 radical (unpaired) electrons. The van der Waals surface area contributed by atoms with Crippen molar-refractivity contribution in [2.24, 2.45) is 0 Å². The number of hydrogen-bond acceptors (Lipinski definition) is 3. The molecule has 0 bridgehead atoms. The number of aromatic nitrogens is 2. The van der Waals surface area contributed by atoms with E-state index in [1.165, 1.54) is 0 Å². The monoisotopic (exact) mass is 128 g/mol. The second-order valence-electron chi connectivity index (χ2n) is 1.47. The molecule has 0 unspecified atom stereocenters. The van der Waals surface area contributed by atoms with Crippen molar-refractivity contribution in [3.05, 3.63) is 26.8 Å². The van der Waals surface area contributed by atoms with Gasteiger partial charge in [-0.2, -0.15) is 0 Å². The van der Waals surface area contributed by atoms with Gasteiger partial charge >= 0.3 is 5.56 Å². The fourth-order valence-corrected chi connectivity index (χ4v) is 0.408. The summed E-state index contributed by atoms with van der Waals surface area (Å²) >= 11 is 0. The average molecular weight is 128 g/mol. The summed E-state index contributed by atoms with van der Waals surface area (Å²) in [6.45, 7) is 0. The first kappa shape index (κ1) is 5.61. The van der Waals surface area contributed by atoms with E-state index >= 15 is 0 Å². The van der Waals surface area contributed by atoms with E-state index in [0.717, 1.165) is 6.07 Å². The molecular formula is C4H4N2O3. The lowest BCUT2D eigenvalue weighted by Gasteiger charge is -1.84. The van der Waals surface area contributed by atoms with Gasteiger partial charge in [0.1, 0.15) is 0 Å². The largest absolute Gasteiger partial charge is 0.503 e. The number of nitrogens with one attached hydrogen (secondary N) is 2. The molecule has 0 aliphatic rings. The number of hydrogen-bond donors (Lipinski definition) is 3. The van der Waals surface area contributed by atoms with E-state index in [9.17, 15) is 9.59 Å². The minimum atomic E-state index is -0.699. The third-order valence-corrected chi connectivity index (χ3v) is 0.800. The standard InChI is InChI=1S/C4H4N2O3/c7-2-1-3(8)5-6-4(2)9/h1H,(H,6,9)(H2,5,7,8). The zero-order valence-corrected chi connectivity index (χ0v) is 4.34. The van der Waals surface area contributed by atoms with Crippen LogP contribution < -0.4 is 11.1 Å². The predicted molar refractivity (Wildman–Crippen MR) is 29.3 cm³/mol. The molecule has 5 heteroatoms. The van der Waals surface area contributed by atoms with Crippen molar-refractivity contribution in [3.8, 4) is 5.75 Å². The molecule has 0 saturated carbocycles. The Hall–Kier alpha value is -1.52. The molecule has 5 nitrogen and oxygen atoms in total. The van der Waals surface area contributed by atoms with E-state index in [1.807, 2.05) is 10.2 Å². The lowest BCUT2D eigenvalue weighted by Crippen LogP contribution is -2.16. The van der Waals surface area contributed by atoms with Crippen LogP contribution in [0.4, 0.5) is 0 Å². The van der Waals surface area contributed by atoms with Gasteiger partial charge in [-0.25, -0.2) is 0 Å². The summed E-state index contributed by atoms with van der Waals surface area (Å²) in [5.74, 6) is -0.571. The van der Waals surface area contributed by atoms with E-state index in [4.69, 9.17) is 5.11 Å². The first-order chi connectivity index (χ1) is 4.20. The quantitative estimate of drug-likeness (QED) is 0.409. The van der Waals surface area contributed by atoms with Crippen LogP contribution >= 0.6 is 0 Å². The Morgan fingerprint density at radius 1 is 1.33 bits per heavy atom. The first-order valence-electron chi connectivity index (χ1n) is 2.21. The molecule has 1 rings (SSSR count). The third-order valence-electron chi connectivity index (χ3n) is 0.800. The van der Waals surface area contributed by atoms with Gasteiger partial charge in [-0.05, 0) is 0 Å². The molecule has 0 amide bonds. The van der Waals surface area contributed by atoms with Gasteiger partial charge in [-0.1, -0.05) is 0 Å². The normalized spacial score (nSPS) is 9.33. The third kappa shape index (κ3) is 0.987. The number of aromatic hydroxyl groups is 1. The minimum Gasteiger partial charge on any atom is -0.503 e. The van der Waals surface area contributed by atoms with Gasteiger partial charge in [0.15, 0.2) is 5.75 Å². The SMILES string of the molecule is O=c1cc(O)c(=O)[nH][nH]1. The van der Waals surface area contributed by atoms with Crippen molar-refractivity contribution in [1.29, 1.82) is 0 Å². The van der Waals surface area contributed by atoms with Gasteiger partial charge in [0.2, 0.25) is 0 Å². The van der Waals surface area contributed by atoms with Crippen molar-refractivity contribution in [2.75, 3.05) is 0 Å². The molecule has 1 aromatic rings. The lowest BCUT2D eigenvalue weighted by atomic mass is 10.5. The minimum absolute atomic E-state index is 0.535. The Morgan fingerprint density at radius 3 is 2.44 bits per heavy atom. The summed E-state index contributed by atoms with van der Waals surface area (Å²) in [6, 6.07) is 0.804. The van der Waals surface area contributed by atoms with Gasteiger partial charge in [-0.3, -0.25) is 19.8 Å². The molecule has 3 N–H and O–H groups in total. The van der Waals surface area contributed by atoms with Crippen LogP contribution in [0.25, 0.3) is 0 Å². The highest BCUT2D eigenvalue weighted by Gasteiger charge is 1.92. The van der Waals surface area contributed by atoms with Gasteiger partial charge in [-0.15, -0.1) is 0 Å². The maximum absolute atomic E-state index is 10.3. The number of aromatic amines is 2. The fraction of sp³-hybridized carbons (Fsp3) is 0. The van der Waals surface area contributed by atoms with Crippen LogP contribution in [-0.4, -0.2) is 15.3 Å². The van der Waals surface area contributed by atoms with Crippen molar-refractivity contribution < 1.29 is 5.11 Å². The summed E-state index contributed by atoms with van der Waals surface area (Å²) in [6.07, 6.45) is 0. The molecule has 0 aliphatic carbocycles. The highest BCUT2D eigenvalue weighted by Crippen LogP contribution is 1.86. The molecule has 0 fully saturated rings. The van der Waals surface area contributed by atoms with Crippen molar-refractivity contribution in [2.45, 2.75) is 0 Å². The van der Waals surface area contributed by atoms with Gasteiger partial charge in [0.25, 0.3) is 5.56 Å². The maximum Gasteiger partial charge on any atom is 0.304 e. The Morgan fingerprint density at radius 2 is 2.00 bits per heavy atom. The number of H-pyrrole nitrogens is 2. The van der Waals surface area contributed by atoms with Crippen LogP contribution in [-0.2, 0) is 0 Å². The molecule has 0 spiro atoms. The van der Waals surface area contributed by atoms with Crippen molar-refractivity contribution in [1.82, 2.24) is 10.2 Å². The molecule has 48 valence electrons. The van der Waals surface area contributed by atoms with E-state index in [0.29, 0.717) is 0 Å². The molecular weight excluding hydrogens is 124 g/mol. The Kier molecular flexibility index (Phi) is 1.11. The fourth-order valence-electron chi connectivity index (χ4n) is 0.408. The molecule has 0 aliphatic heterocycles. The van der Waals surface area contributed by atoms with Gasteiger partial charge in [0, 0.05) is 0 Å². The average Bonchev–Trinajstić information content (AvgIpc) is 1.80. The number of rotatable bonds is 0. The molecule has 9 heavy (non-hydrogen) atoms. The smallest absolute Gasteiger partial charge is 0.304 e. The molecule has 0 atom stereocenters. The van der Waals surface area contributed by atoms with Gasteiger partial charge < -0.3 is 5.11 Å². The Labute approximate surface area is 49.0 Å². The topological polar surface area (TPSA) is 85.9 Å². The highest BCUT2D eigenvalue weighted by atomic mass is 16.3. The van der Waals surface area contributed by atoms with E-state index in [-0.39, 0.29) is 0 Å². The second kappa shape index (κ2) is 1.77. The van der Waals surface area contributed by atoms with Crippen LogP contribution in [0.2, 0.25) is 0 Å². The summed E-state index contributed by atoms with van der Waals surface area (Å²) in [4.78, 5) is 20.6. The van der Waals surface area contributed by atoms with Crippen molar-refractivity contribution >= 4 is 0 Å². The molecule has 0 aromatic carbocycles. The maximum atomic E-state index is 10.3. The molecule has 0 saturated heterocycles. The summed E-state index contributed by atoms with van der Waals surface area (Å²) in [5, 5.41) is 12.4. The second-order valence-corrected chi connectivity index (χ2v) is 1.47. The Bertz CT molecular complexity index is 310.